The molecule has 0 heterocycles. The smallest absolute Gasteiger partial charge is 0.255 e. The highest BCUT2D eigenvalue weighted by Crippen LogP contribution is 2.12. The molecule has 0 saturated heterocycles. The number of rotatable bonds is 7. The fourth-order valence-electron chi connectivity index (χ4n) is 2.22. The van der Waals surface area contributed by atoms with Crippen LogP contribution in [-0.2, 0) is 0 Å². The molecule has 0 bridgehead atoms. The highest BCUT2D eigenvalue weighted by atomic mass is 19.1. The summed E-state index contributed by atoms with van der Waals surface area (Å²) < 4.78 is 12.9. The minimum atomic E-state index is -0.366. The number of amides is 2. The third-order valence-corrected chi connectivity index (χ3v) is 3.55. The molecule has 0 aromatic heterocycles. The van der Waals surface area contributed by atoms with Gasteiger partial charge in [0, 0.05) is 23.4 Å². The molecule has 24 heavy (non-hydrogen) atoms. The molecule has 2 amide bonds. The molecule has 0 aliphatic rings. The van der Waals surface area contributed by atoms with Crippen LogP contribution in [0.25, 0.3) is 0 Å². The van der Waals surface area contributed by atoms with Gasteiger partial charge < -0.3 is 10.6 Å². The number of unbranched alkanes of at least 4 members (excludes halogenated alkanes) is 2. The van der Waals surface area contributed by atoms with E-state index in [1.165, 1.54) is 24.3 Å². The quantitative estimate of drug-likeness (QED) is 0.755. The Morgan fingerprint density at radius 2 is 1.62 bits per heavy atom. The SMILES string of the molecule is CCCCCNC(=O)c1cccc(C(=O)Nc2ccc(F)cc2)c1. The maximum Gasteiger partial charge on any atom is 0.255 e. The standard InChI is InChI=1S/C19H21FN2O2/c1-2-3-4-12-21-18(23)14-6-5-7-15(13-14)19(24)22-17-10-8-16(20)9-11-17/h5-11,13H,2-4,12H2,1H3,(H,21,23)(H,22,24). The first-order valence-electron chi connectivity index (χ1n) is 8.05. The van der Waals surface area contributed by atoms with E-state index in [4.69, 9.17) is 0 Å². The zero-order valence-electron chi connectivity index (χ0n) is 13.6. The molecule has 0 aliphatic heterocycles. The van der Waals surface area contributed by atoms with E-state index in [0.717, 1.165) is 19.3 Å². The Labute approximate surface area is 141 Å². The zero-order chi connectivity index (χ0) is 17.4. The van der Waals surface area contributed by atoms with Crippen molar-refractivity contribution in [1.29, 1.82) is 0 Å². The lowest BCUT2D eigenvalue weighted by atomic mass is 10.1. The number of halogens is 1. The van der Waals surface area contributed by atoms with Gasteiger partial charge in [-0.25, -0.2) is 4.39 Å². The van der Waals surface area contributed by atoms with Gasteiger partial charge in [-0.1, -0.05) is 25.8 Å². The van der Waals surface area contributed by atoms with Crippen LogP contribution in [0.3, 0.4) is 0 Å². The van der Waals surface area contributed by atoms with Crippen molar-refractivity contribution in [3.63, 3.8) is 0 Å². The maximum absolute atomic E-state index is 12.9. The third kappa shape index (κ3) is 5.19. The van der Waals surface area contributed by atoms with Crippen molar-refractivity contribution in [3.8, 4) is 0 Å². The van der Waals surface area contributed by atoms with Gasteiger partial charge in [-0.3, -0.25) is 9.59 Å². The van der Waals surface area contributed by atoms with Crippen LogP contribution in [0.5, 0.6) is 0 Å². The third-order valence-electron chi connectivity index (χ3n) is 3.55. The van der Waals surface area contributed by atoms with Crippen LogP contribution in [0.2, 0.25) is 0 Å². The molecule has 4 nitrogen and oxygen atoms in total. The Kier molecular flexibility index (Phi) is 6.49. The number of hydrogen-bond acceptors (Lipinski definition) is 2. The van der Waals surface area contributed by atoms with Gasteiger partial charge in [0.25, 0.3) is 11.8 Å². The Hall–Kier alpha value is -2.69. The lowest BCUT2D eigenvalue weighted by Crippen LogP contribution is -2.24. The lowest BCUT2D eigenvalue weighted by Gasteiger charge is -2.08. The van der Waals surface area contributed by atoms with Crippen molar-refractivity contribution < 1.29 is 14.0 Å². The number of carbonyl (C=O) groups excluding carboxylic acids is 2. The van der Waals surface area contributed by atoms with Crippen LogP contribution in [0.1, 0.15) is 46.9 Å². The summed E-state index contributed by atoms with van der Waals surface area (Å²) >= 11 is 0. The largest absolute Gasteiger partial charge is 0.352 e. The first-order valence-corrected chi connectivity index (χ1v) is 8.05. The first-order chi connectivity index (χ1) is 11.6. The van der Waals surface area contributed by atoms with Crippen molar-refractivity contribution >= 4 is 17.5 Å². The first kappa shape index (κ1) is 17.7. The second-order valence-electron chi connectivity index (χ2n) is 5.50. The number of nitrogens with one attached hydrogen (secondary N) is 2. The second-order valence-corrected chi connectivity index (χ2v) is 5.50. The van der Waals surface area contributed by atoms with Crippen LogP contribution in [0.15, 0.2) is 48.5 Å². The molecule has 0 spiro atoms. The molecule has 0 unspecified atom stereocenters. The van der Waals surface area contributed by atoms with Gasteiger partial charge >= 0.3 is 0 Å². The van der Waals surface area contributed by atoms with Gasteiger partial charge in [-0.2, -0.15) is 0 Å². The van der Waals surface area contributed by atoms with E-state index in [-0.39, 0.29) is 17.6 Å². The normalized spacial score (nSPS) is 10.2. The molecule has 2 rings (SSSR count). The van der Waals surface area contributed by atoms with Crippen molar-refractivity contribution in [2.24, 2.45) is 0 Å². The molecule has 2 aromatic rings. The molecule has 126 valence electrons. The molecular weight excluding hydrogens is 307 g/mol. The summed E-state index contributed by atoms with van der Waals surface area (Å²) in [7, 11) is 0. The van der Waals surface area contributed by atoms with Crippen LogP contribution in [0, 0.1) is 5.82 Å². The summed E-state index contributed by atoms with van der Waals surface area (Å²) in [4.78, 5) is 24.3. The molecule has 2 N–H and O–H groups in total. The van der Waals surface area contributed by atoms with Crippen LogP contribution < -0.4 is 10.6 Å². The van der Waals surface area contributed by atoms with Gasteiger partial charge in [-0.05, 0) is 48.9 Å². The summed E-state index contributed by atoms with van der Waals surface area (Å²) in [5.74, 6) is -0.903. The topological polar surface area (TPSA) is 58.2 Å². The summed E-state index contributed by atoms with van der Waals surface area (Å²) in [5, 5.41) is 5.52. The molecule has 0 aliphatic carbocycles. The zero-order valence-corrected chi connectivity index (χ0v) is 13.6. The van der Waals surface area contributed by atoms with E-state index in [0.29, 0.717) is 23.4 Å². The molecule has 5 heteroatoms. The number of anilines is 1. The summed E-state index contributed by atoms with van der Waals surface area (Å²) in [6.45, 7) is 2.73. The number of benzene rings is 2. The fraction of sp³-hybridized carbons (Fsp3) is 0.263. The van der Waals surface area contributed by atoms with E-state index < -0.39 is 0 Å². The Morgan fingerprint density at radius 3 is 2.29 bits per heavy atom. The highest BCUT2D eigenvalue weighted by Gasteiger charge is 2.10. The van der Waals surface area contributed by atoms with Crippen molar-refractivity contribution in [1.82, 2.24) is 5.32 Å². The van der Waals surface area contributed by atoms with Gasteiger partial charge in [0.05, 0.1) is 0 Å². The molecule has 2 aromatic carbocycles. The second kappa shape index (κ2) is 8.82. The lowest BCUT2D eigenvalue weighted by molar-refractivity contribution is 0.0953. The average molecular weight is 328 g/mol. The molecule has 0 saturated carbocycles. The summed E-state index contributed by atoms with van der Waals surface area (Å²) in [5.41, 5.74) is 1.31. The van der Waals surface area contributed by atoms with Crippen LogP contribution in [-0.4, -0.2) is 18.4 Å². The number of carbonyl (C=O) groups is 2. The van der Waals surface area contributed by atoms with E-state index in [1.54, 1.807) is 24.3 Å². The molecule has 0 radical (unpaired) electrons. The monoisotopic (exact) mass is 328 g/mol. The Bertz CT molecular complexity index is 699. The minimum absolute atomic E-state index is 0.192. The van der Waals surface area contributed by atoms with Crippen molar-refractivity contribution in [2.75, 3.05) is 11.9 Å². The van der Waals surface area contributed by atoms with Gasteiger partial charge in [0.15, 0.2) is 0 Å². The maximum atomic E-state index is 12.9. The fourth-order valence-corrected chi connectivity index (χ4v) is 2.22. The van der Waals surface area contributed by atoms with Gasteiger partial charge in [0.1, 0.15) is 5.82 Å². The van der Waals surface area contributed by atoms with Crippen molar-refractivity contribution in [2.45, 2.75) is 26.2 Å². The number of hydrogen-bond donors (Lipinski definition) is 2. The van der Waals surface area contributed by atoms with E-state index in [2.05, 4.69) is 17.6 Å². The predicted molar refractivity (Wildman–Crippen MR) is 92.7 cm³/mol. The summed E-state index contributed by atoms with van der Waals surface area (Å²) in [6, 6.07) is 12.0. The van der Waals surface area contributed by atoms with Gasteiger partial charge in [-0.15, -0.1) is 0 Å². The minimum Gasteiger partial charge on any atom is -0.352 e. The van der Waals surface area contributed by atoms with Crippen LogP contribution in [0.4, 0.5) is 10.1 Å². The average Bonchev–Trinajstić information content (AvgIpc) is 2.60. The summed E-state index contributed by atoms with van der Waals surface area (Å²) in [6.07, 6.45) is 3.10. The Balaban J connectivity index is 1.99. The van der Waals surface area contributed by atoms with E-state index in [1.807, 2.05) is 0 Å². The van der Waals surface area contributed by atoms with E-state index in [9.17, 15) is 14.0 Å². The van der Waals surface area contributed by atoms with Crippen molar-refractivity contribution in [3.05, 3.63) is 65.5 Å². The van der Waals surface area contributed by atoms with Gasteiger partial charge in [0.2, 0.25) is 0 Å². The predicted octanol–water partition coefficient (Wildman–Crippen LogP) is 4.00. The highest BCUT2D eigenvalue weighted by molar-refractivity contribution is 6.06. The van der Waals surface area contributed by atoms with Crippen LogP contribution >= 0.6 is 0 Å². The molecular formula is C19H21FN2O2. The molecule has 0 fully saturated rings. The Morgan fingerprint density at radius 1 is 0.958 bits per heavy atom. The van der Waals surface area contributed by atoms with E-state index >= 15 is 0 Å². The molecule has 0 atom stereocenters.